The van der Waals surface area contributed by atoms with Gasteiger partial charge in [-0.15, -0.1) is 0 Å². The lowest BCUT2D eigenvalue weighted by molar-refractivity contribution is -0.117. The number of amides is 1. The zero-order valence-electron chi connectivity index (χ0n) is 8.52. The minimum atomic E-state index is -5.18. The molecule has 18 heavy (non-hydrogen) atoms. The van der Waals surface area contributed by atoms with Crippen LogP contribution in [0.2, 0.25) is 0 Å². The standard InChI is InChI=1S/C8H4F5NO3S/c1-2(15)14-18(16,17)8-6(12)4(10)3(9)5(11)7(8)13/h1H3,(H,14,15). The van der Waals surface area contributed by atoms with E-state index >= 15 is 0 Å². The van der Waals surface area contributed by atoms with Gasteiger partial charge in [-0.05, 0) is 0 Å². The molecule has 100 valence electrons. The largest absolute Gasteiger partial charge is 0.274 e. The Labute approximate surface area is 97.5 Å². The second kappa shape index (κ2) is 4.52. The summed E-state index contributed by atoms with van der Waals surface area (Å²) in [6.45, 7) is 0.684. The van der Waals surface area contributed by atoms with Gasteiger partial charge in [-0.2, -0.15) is 0 Å². The number of nitrogens with one attached hydrogen (secondary N) is 1. The molecule has 0 heterocycles. The number of hydrogen-bond donors (Lipinski definition) is 1. The van der Waals surface area contributed by atoms with Crippen LogP contribution in [0.3, 0.4) is 0 Å². The maximum absolute atomic E-state index is 13.1. The second-order valence-corrected chi connectivity index (χ2v) is 4.68. The molecule has 0 radical (unpaired) electrons. The summed E-state index contributed by atoms with van der Waals surface area (Å²) < 4.78 is 87.9. The van der Waals surface area contributed by atoms with E-state index in [4.69, 9.17) is 0 Å². The maximum Gasteiger partial charge on any atom is 0.270 e. The van der Waals surface area contributed by atoms with Crippen molar-refractivity contribution < 1.29 is 35.2 Å². The van der Waals surface area contributed by atoms with Gasteiger partial charge in [-0.1, -0.05) is 0 Å². The van der Waals surface area contributed by atoms with E-state index in [-0.39, 0.29) is 0 Å². The van der Waals surface area contributed by atoms with Crippen LogP contribution in [0.1, 0.15) is 6.92 Å². The van der Waals surface area contributed by atoms with Crippen LogP contribution in [0.25, 0.3) is 0 Å². The van der Waals surface area contributed by atoms with Crippen molar-refractivity contribution in [3.05, 3.63) is 29.1 Å². The van der Waals surface area contributed by atoms with E-state index in [1.165, 1.54) is 0 Å². The zero-order chi connectivity index (χ0) is 14.2. The number of carbonyl (C=O) groups is 1. The van der Waals surface area contributed by atoms with E-state index in [2.05, 4.69) is 0 Å². The highest BCUT2D eigenvalue weighted by atomic mass is 32.2. The molecule has 0 bridgehead atoms. The molecule has 4 nitrogen and oxygen atoms in total. The van der Waals surface area contributed by atoms with Crippen LogP contribution in [0.5, 0.6) is 0 Å². The van der Waals surface area contributed by atoms with Gasteiger partial charge in [-0.25, -0.2) is 35.1 Å². The lowest BCUT2D eigenvalue weighted by Gasteiger charge is -2.09. The van der Waals surface area contributed by atoms with Crippen LogP contribution in [0.4, 0.5) is 22.0 Å². The molecule has 0 saturated heterocycles. The molecular weight excluding hydrogens is 285 g/mol. The van der Waals surface area contributed by atoms with Crippen LogP contribution in [0, 0.1) is 29.1 Å². The van der Waals surface area contributed by atoms with Crippen molar-refractivity contribution in [2.45, 2.75) is 11.8 Å². The molecule has 0 aromatic heterocycles. The predicted octanol–water partition coefficient (Wildman–Crippen LogP) is 1.21. The summed E-state index contributed by atoms with van der Waals surface area (Å²) >= 11 is 0. The normalized spacial score (nSPS) is 11.4. The Kier molecular flexibility index (Phi) is 3.60. The maximum atomic E-state index is 13.1. The molecule has 0 atom stereocenters. The van der Waals surface area contributed by atoms with Crippen molar-refractivity contribution in [3.8, 4) is 0 Å². The number of halogens is 5. The first-order chi connectivity index (χ1) is 8.09. The van der Waals surface area contributed by atoms with Crippen molar-refractivity contribution in [1.82, 2.24) is 4.72 Å². The van der Waals surface area contributed by atoms with Gasteiger partial charge < -0.3 is 0 Å². The van der Waals surface area contributed by atoms with Crippen molar-refractivity contribution in [1.29, 1.82) is 0 Å². The molecule has 1 aromatic carbocycles. The van der Waals surface area contributed by atoms with E-state index in [0.29, 0.717) is 6.92 Å². The highest BCUT2D eigenvalue weighted by molar-refractivity contribution is 7.90. The summed E-state index contributed by atoms with van der Waals surface area (Å²) in [5.41, 5.74) is 0. The first kappa shape index (κ1) is 14.4. The Balaban J connectivity index is 3.67. The predicted molar refractivity (Wildman–Crippen MR) is 47.2 cm³/mol. The third-order valence-corrected chi connectivity index (χ3v) is 3.17. The van der Waals surface area contributed by atoms with Gasteiger partial charge in [0, 0.05) is 6.92 Å². The number of rotatable bonds is 2. The first-order valence-electron chi connectivity index (χ1n) is 4.14. The Hall–Kier alpha value is -1.71. The van der Waals surface area contributed by atoms with Gasteiger partial charge in [0.15, 0.2) is 28.2 Å². The third-order valence-electron chi connectivity index (χ3n) is 1.72. The highest BCUT2D eigenvalue weighted by Crippen LogP contribution is 2.26. The van der Waals surface area contributed by atoms with Crippen molar-refractivity contribution >= 4 is 15.9 Å². The summed E-state index contributed by atoms with van der Waals surface area (Å²) in [7, 11) is -5.18. The first-order valence-corrected chi connectivity index (χ1v) is 5.62. The van der Waals surface area contributed by atoms with Gasteiger partial charge >= 0.3 is 0 Å². The van der Waals surface area contributed by atoms with Gasteiger partial charge in [-0.3, -0.25) is 4.79 Å². The molecule has 10 heteroatoms. The minimum Gasteiger partial charge on any atom is -0.274 e. The summed E-state index contributed by atoms with van der Waals surface area (Å²) in [5, 5.41) is 0. The van der Waals surface area contributed by atoms with E-state index < -0.39 is 49.9 Å². The monoisotopic (exact) mass is 289 g/mol. The molecule has 0 unspecified atom stereocenters. The second-order valence-electron chi connectivity index (χ2n) is 3.06. The Morgan fingerprint density at radius 2 is 1.22 bits per heavy atom. The molecule has 1 aromatic rings. The lowest BCUT2D eigenvalue weighted by Crippen LogP contribution is -2.30. The van der Waals surface area contributed by atoms with Gasteiger partial charge in [0.05, 0.1) is 0 Å². The van der Waals surface area contributed by atoms with Crippen molar-refractivity contribution in [3.63, 3.8) is 0 Å². The molecule has 0 aliphatic carbocycles. The van der Waals surface area contributed by atoms with Crippen molar-refractivity contribution in [2.75, 3.05) is 0 Å². The Morgan fingerprint density at radius 3 is 1.56 bits per heavy atom. The number of benzene rings is 1. The molecule has 0 spiro atoms. The van der Waals surface area contributed by atoms with E-state index in [1.54, 1.807) is 0 Å². The highest BCUT2D eigenvalue weighted by Gasteiger charge is 2.33. The van der Waals surface area contributed by atoms with Gasteiger partial charge in [0.2, 0.25) is 11.7 Å². The molecule has 1 rings (SSSR count). The van der Waals surface area contributed by atoms with E-state index in [1.807, 2.05) is 0 Å². The lowest BCUT2D eigenvalue weighted by atomic mass is 10.3. The van der Waals surface area contributed by atoms with Gasteiger partial charge in [0.1, 0.15) is 0 Å². The van der Waals surface area contributed by atoms with Crippen LogP contribution < -0.4 is 4.72 Å². The summed E-state index contributed by atoms with van der Waals surface area (Å²) in [6, 6.07) is 0. The summed E-state index contributed by atoms with van der Waals surface area (Å²) in [6.07, 6.45) is 0. The molecule has 0 aliphatic rings. The zero-order valence-corrected chi connectivity index (χ0v) is 9.34. The van der Waals surface area contributed by atoms with Crippen LogP contribution >= 0.6 is 0 Å². The quantitative estimate of drug-likeness (QED) is 0.505. The van der Waals surface area contributed by atoms with E-state index in [0.717, 1.165) is 4.72 Å². The van der Waals surface area contributed by atoms with Gasteiger partial charge in [0.25, 0.3) is 10.0 Å². The summed E-state index contributed by atoms with van der Waals surface area (Å²) in [5.74, 6) is -13.7. The SMILES string of the molecule is CC(=O)NS(=O)(=O)c1c(F)c(F)c(F)c(F)c1F. The average Bonchev–Trinajstić information content (AvgIpc) is 2.21. The third kappa shape index (κ3) is 2.28. The summed E-state index contributed by atoms with van der Waals surface area (Å²) in [4.78, 5) is 8.39. The van der Waals surface area contributed by atoms with Crippen LogP contribution in [0.15, 0.2) is 4.90 Å². The van der Waals surface area contributed by atoms with Crippen molar-refractivity contribution in [2.24, 2.45) is 0 Å². The molecule has 1 N–H and O–H groups in total. The molecule has 1 amide bonds. The fourth-order valence-corrected chi connectivity index (χ4v) is 2.19. The molecule has 0 fully saturated rings. The average molecular weight is 289 g/mol. The fourth-order valence-electron chi connectivity index (χ4n) is 1.06. The number of carbonyl (C=O) groups excluding carboxylic acids is 1. The van der Waals surface area contributed by atoms with Crippen LogP contribution in [-0.2, 0) is 14.8 Å². The molecular formula is C8H4F5NO3S. The smallest absolute Gasteiger partial charge is 0.270 e. The Bertz CT molecular complexity index is 599. The minimum absolute atomic E-state index is 0.684. The Morgan fingerprint density at radius 1 is 0.889 bits per heavy atom. The van der Waals surface area contributed by atoms with Crippen LogP contribution in [-0.4, -0.2) is 14.3 Å². The topological polar surface area (TPSA) is 63.2 Å². The fraction of sp³-hybridized carbons (Fsp3) is 0.125. The molecule has 0 aliphatic heterocycles. The molecule has 0 saturated carbocycles. The number of sulfonamides is 1. The van der Waals surface area contributed by atoms with E-state index in [9.17, 15) is 35.2 Å². The number of hydrogen-bond acceptors (Lipinski definition) is 3.